The number of hydrogen-bond donors (Lipinski definition) is 1. The number of carbonyl (C=O) groups is 2. The van der Waals surface area contributed by atoms with Gasteiger partial charge < -0.3 is 10.2 Å². The summed E-state index contributed by atoms with van der Waals surface area (Å²) in [6.07, 6.45) is 0. The molecule has 1 saturated heterocycles. The van der Waals surface area contributed by atoms with E-state index in [1.165, 1.54) is 0 Å². The maximum atomic E-state index is 12.8. The Kier molecular flexibility index (Phi) is 5.69. The summed E-state index contributed by atoms with van der Waals surface area (Å²) >= 11 is 1.55. The molecule has 1 N–H and O–H groups in total. The second-order valence-corrected chi connectivity index (χ2v) is 8.06. The van der Waals surface area contributed by atoms with E-state index in [-0.39, 0.29) is 11.8 Å². The number of piperazine rings is 1. The summed E-state index contributed by atoms with van der Waals surface area (Å²) in [5.41, 5.74) is 1.09. The van der Waals surface area contributed by atoms with Crippen LogP contribution in [0.1, 0.15) is 15.2 Å². The van der Waals surface area contributed by atoms with Crippen molar-refractivity contribution in [1.82, 2.24) is 15.1 Å². The van der Waals surface area contributed by atoms with Gasteiger partial charge in [0.2, 0.25) is 5.91 Å². The summed E-state index contributed by atoms with van der Waals surface area (Å²) in [7, 11) is 0. The fourth-order valence-electron chi connectivity index (χ4n) is 3.41. The molecule has 28 heavy (non-hydrogen) atoms. The SMILES string of the molecule is O=C(CN1CCN(C(=O)c2cc3ccccc3s2)CC1)NCc1ccccc1. The lowest BCUT2D eigenvalue weighted by Crippen LogP contribution is -2.51. The zero-order valence-corrected chi connectivity index (χ0v) is 16.5. The molecule has 3 aromatic rings. The molecule has 0 bridgehead atoms. The summed E-state index contributed by atoms with van der Waals surface area (Å²) in [6, 6.07) is 19.9. The molecule has 0 unspecified atom stereocenters. The number of thiophene rings is 1. The van der Waals surface area contributed by atoms with E-state index in [4.69, 9.17) is 0 Å². The lowest BCUT2D eigenvalue weighted by atomic mass is 10.2. The third kappa shape index (κ3) is 4.40. The third-order valence-electron chi connectivity index (χ3n) is 5.00. The van der Waals surface area contributed by atoms with Crippen molar-refractivity contribution in [2.45, 2.75) is 6.54 Å². The molecule has 0 spiro atoms. The molecule has 1 fully saturated rings. The van der Waals surface area contributed by atoms with Crippen LogP contribution in [0.2, 0.25) is 0 Å². The number of amides is 2. The molecule has 1 aliphatic heterocycles. The zero-order chi connectivity index (χ0) is 19.3. The Morgan fingerprint density at radius 3 is 2.39 bits per heavy atom. The smallest absolute Gasteiger partial charge is 0.264 e. The van der Waals surface area contributed by atoms with E-state index in [0.717, 1.165) is 33.6 Å². The minimum Gasteiger partial charge on any atom is -0.351 e. The van der Waals surface area contributed by atoms with Crippen molar-refractivity contribution in [2.24, 2.45) is 0 Å². The average molecular weight is 394 g/mol. The van der Waals surface area contributed by atoms with Gasteiger partial charge in [-0.15, -0.1) is 11.3 Å². The Balaban J connectivity index is 1.26. The van der Waals surface area contributed by atoms with Gasteiger partial charge in [-0.3, -0.25) is 14.5 Å². The van der Waals surface area contributed by atoms with Gasteiger partial charge in [0, 0.05) is 37.4 Å². The molecular formula is C22H23N3O2S. The van der Waals surface area contributed by atoms with Crippen molar-refractivity contribution in [2.75, 3.05) is 32.7 Å². The van der Waals surface area contributed by atoms with E-state index in [9.17, 15) is 9.59 Å². The number of carbonyl (C=O) groups excluding carboxylic acids is 2. The van der Waals surface area contributed by atoms with Gasteiger partial charge in [0.15, 0.2) is 0 Å². The predicted octanol–water partition coefficient (Wildman–Crippen LogP) is 2.98. The highest BCUT2D eigenvalue weighted by molar-refractivity contribution is 7.20. The highest BCUT2D eigenvalue weighted by Crippen LogP contribution is 2.26. The van der Waals surface area contributed by atoms with Gasteiger partial charge in [0.25, 0.3) is 5.91 Å². The number of nitrogens with zero attached hydrogens (tertiary/aromatic N) is 2. The summed E-state index contributed by atoms with van der Waals surface area (Å²) in [5, 5.41) is 4.08. The van der Waals surface area contributed by atoms with Crippen LogP contribution in [0, 0.1) is 0 Å². The maximum absolute atomic E-state index is 12.8. The minimum absolute atomic E-state index is 0.0214. The standard InChI is InChI=1S/C22H23N3O2S/c26-21(23-15-17-6-2-1-3-7-17)16-24-10-12-25(13-11-24)22(27)20-14-18-8-4-5-9-19(18)28-20/h1-9,14H,10-13,15-16H2,(H,23,26). The summed E-state index contributed by atoms with van der Waals surface area (Å²) < 4.78 is 1.14. The lowest BCUT2D eigenvalue weighted by Gasteiger charge is -2.34. The molecule has 6 heteroatoms. The highest BCUT2D eigenvalue weighted by Gasteiger charge is 2.24. The largest absolute Gasteiger partial charge is 0.351 e. The number of hydrogen-bond acceptors (Lipinski definition) is 4. The van der Waals surface area contributed by atoms with Gasteiger partial charge in [0.05, 0.1) is 11.4 Å². The normalized spacial score (nSPS) is 14.9. The molecule has 5 nitrogen and oxygen atoms in total. The number of nitrogens with one attached hydrogen (secondary N) is 1. The first-order valence-corrected chi connectivity index (χ1v) is 10.3. The second-order valence-electron chi connectivity index (χ2n) is 6.98. The number of fused-ring (bicyclic) bond motifs is 1. The van der Waals surface area contributed by atoms with Crippen molar-refractivity contribution in [1.29, 1.82) is 0 Å². The van der Waals surface area contributed by atoms with Crippen molar-refractivity contribution in [3.8, 4) is 0 Å². The highest BCUT2D eigenvalue weighted by atomic mass is 32.1. The first-order chi connectivity index (χ1) is 13.7. The summed E-state index contributed by atoms with van der Waals surface area (Å²) in [5.74, 6) is 0.113. The summed E-state index contributed by atoms with van der Waals surface area (Å²) in [4.78, 5) is 29.8. The molecule has 2 heterocycles. The Bertz CT molecular complexity index is 929. The molecule has 0 saturated carbocycles. The van der Waals surface area contributed by atoms with Crippen LogP contribution < -0.4 is 5.32 Å². The minimum atomic E-state index is 0.0214. The number of rotatable bonds is 5. The van der Waals surface area contributed by atoms with Crippen LogP contribution in [-0.4, -0.2) is 54.3 Å². The van der Waals surface area contributed by atoms with E-state index in [2.05, 4.69) is 10.2 Å². The first-order valence-electron chi connectivity index (χ1n) is 9.50. The van der Waals surface area contributed by atoms with E-state index < -0.39 is 0 Å². The molecular weight excluding hydrogens is 370 g/mol. The van der Waals surface area contributed by atoms with E-state index in [1.54, 1.807) is 11.3 Å². The average Bonchev–Trinajstić information content (AvgIpc) is 3.17. The van der Waals surface area contributed by atoms with E-state index in [0.29, 0.717) is 26.2 Å². The van der Waals surface area contributed by atoms with Gasteiger partial charge in [0.1, 0.15) is 0 Å². The molecule has 4 rings (SSSR count). The molecule has 0 radical (unpaired) electrons. The molecule has 2 aromatic carbocycles. The first kappa shape index (κ1) is 18.7. The van der Waals surface area contributed by atoms with Gasteiger partial charge in [-0.05, 0) is 23.1 Å². The quantitative estimate of drug-likeness (QED) is 0.725. The van der Waals surface area contributed by atoms with Crippen LogP contribution in [-0.2, 0) is 11.3 Å². The van der Waals surface area contributed by atoms with Crippen LogP contribution in [0.25, 0.3) is 10.1 Å². The van der Waals surface area contributed by atoms with Crippen LogP contribution in [0.5, 0.6) is 0 Å². The molecule has 2 amide bonds. The number of benzene rings is 2. The Morgan fingerprint density at radius 2 is 1.64 bits per heavy atom. The van der Waals surface area contributed by atoms with E-state index >= 15 is 0 Å². The molecule has 0 aliphatic carbocycles. The third-order valence-corrected chi connectivity index (χ3v) is 6.10. The molecule has 0 atom stereocenters. The van der Waals surface area contributed by atoms with Gasteiger partial charge in [-0.25, -0.2) is 0 Å². The fourth-order valence-corrected chi connectivity index (χ4v) is 4.44. The maximum Gasteiger partial charge on any atom is 0.264 e. The van der Waals surface area contributed by atoms with Gasteiger partial charge in [-0.2, -0.15) is 0 Å². The summed E-state index contributed by atoms with van der Waals surface area (Å²) in [6.45, 7) is 3.66. The second kappa shape index (κ2) is 8.54. The van der Waals surface area contributed by atoms with Crippen molar-refractivity contribution >= 4 is 33.2 Å². The predicted molar refractivity (Wildman–Crippen MR) is 112 cm³/mol. The van der Waals surface area contributed by atoms with E-state index in [1.807, 2.05) is 65.6 Å². The lowest BCUT2D eigenvalue weighted by molar-refractivity contribution is -0.122. The Labute approximate surface area is 168 Å². The van der Waals surface area contributed by atoms with Crippen LogP contribution in [0.15, 0.2) is 60.7 Å². The molecule has 144 valence electrons. The van der Waals surface area contributed by atoms with Crippen LogP contribution >= 0.6 is 11.3 Å². The molecule has 1 aromatic heterocycles. The fraction of sp³-hybridized carbons (Fsp3) is 0.273. The monoisotopic (exact) mass is 393 g/mol. The van der Waals surface area contributed by atoms with Crippen molar-refractivity contribution < 1.29 is 9.59 Å². The topological polar surface area (TPSA) is 52.7 Å². The van der Waals surface area contributed by atoms with Crippen LogP contribution in [0.4, 0.5) is 0 Å². The van der Waals surface area contributed by atoms with Crippen LogP contribution in [0.3, 0.4) is 0 Å². The van der Waals surface area contributed by atoms with Crippen molar-refractivity contribution in [3.63, 3.8) is 0 Å². The van der Waals surface area contributed by atoms with Gasteiger partial charge in [-0.1, -0.05) is 48.5 Å². The van der Waals surface area contributed by atoms with Crippen molar-refractivity contribution in [3.05, 3.63) is 71.1 Å². The van der Waals surface area contributed by atoms with Gasteiger partial charge >= 0.3 is 0 Å². The zero-order valence-electron chi connectivity index (χ0n) is 15.6. The Hall–Kier alpha value is -2.70. The Morgan fingerprint density at radius 1 is 0.929 bits per heavy atom. The molecule has 1 aliphatic rings.